The van der Waals surface area contributed by atoms with Crippen LogP contribution in [0.15, 0.2) is 12.1 Å². The van der Waals surface area contributed by atoms with Gasteiger partial charge in [0.05, 0.1) is 7.11 Å². The zero-order chi connectivity index (χ0) is 13.7. The molecule has 3 nitrogen and oxygen atoms in total. The van der Waals surface area contributed by atoms with E-state index in [-0.39, 0.29) is 11.8 Å². The van der Waals surface area contributed by atoms with Crippen molar-refractivity contribution in [3.8, 4) is 0 Å². The van der Waals surface area contributed by atoms with E-state index in [0.717, 1.165) is 22.3 Å². The number of ether oxygens (including phenoxy) is 1. The second kappa shape index (κ2) is 6.34. The Hall–Kier alpha value is -1.64. The van der Waals surface area contributed by atoms with Crippen LogP contribution in [0.4, 0.5) is 0 Å². The number of carbonyl (C=O) groups is 2. The second-order valence-electron chi connectivity index (χ2n) is 4.63. The van der Waals surface area contributed by atoms with E-state index < -0.39 is 0 Å². The van der Waals surface area contributed by atoms with Gasteiger partial charge in [-0.15, -0.1) is 0 Å². The number of benzene rings is 1. The van der Waals surface area contributed by atoms with Crippen molar-refractivity contribution in [2.24, 2.45) is 0 Å². The predicted molar refractivity (Wildman–Crippen MR) is 70.9 cm³/mol. The van der Waals surface area contributed by atoms with Gasteiger partial charge in [-0.3, -0.25) is 9.59 Å². The van der Waals surface area contributed by atoms with Crippen LogP contribution in [0.3, 0.4) is 0 Å². The van der Waals surface area contributed by atoms with Gasteiger partial charge in [0.25, 0.3) is 0 Å². The van der Waals surface area contributed by atoms with Gasteiger partial charge in [0.2, 0.25) is 0 Å². The molecule has 18 heavy (non-hydrogen) atoms. The van der Waals surface area contributed by atoms with E-state index in [1.807, 2.05) is 32.9 Å². The van der Waals surface area contributed by atoms with Crippen LogP contribution in [0.1, 0.15) is 46.3 Å². The molecule has 0 saturated heterocycles. The fourth-order valence-corrected chi connectivity index (χ4v) is 2.24. The minimum absolute atomic E-state index is 0.105. The molecule has 1 aromatic carbocycles. The highest BCUT2D eigenvalue weighted by molar-refractivity contribution is 5.99. The lowest BCUT2D eigenvalue weighted by molar-refractivity contribution is -0.140. The van der Waals surface area contributed by atoms with Crippen LogP contribution in [0.5, 0.6) is 0 Å². The van der Waals surface area contributed by atoms with E-state index in [1.54, 1.807) is 0 Å². The van der Waals surface area contributed by atoms with E-state index in [0.29, 0.717) is 19.3 Å². The zero-order valence-corrected chi connectivity index (χ0v) is 11.5. The van der Waals surface area contributed by atoms with Crippen LogP contribution in [-0.4, -0.2) is 18.9 Å². The minimum Gasteiger partial charge on any atom is -0.469 e. The summed E-state index contributed by atoms with van der Waals surface area (Å²) in [5.41, 5.74) is 3.98. The summed E-state index contributed by atoms with van der Waals surface area (Å²) in [4.78, 5) is 23.1. The first-order valence-corrected chi connectivity index (χ1v) is 6.13. The maximum Gasteiger partial charge on any atom is 0.305 e. The quantitative estimate of drug-likeness (QED) is 0.594. The van der Waals surface area contributed by atoms with Gasteiger partial charge in [-0.1, -0.05) is 17.7 Å². The fourth-order valence-electron chi connectivity index (χ4n) is 2.24. The molecule has 98 valence electrons. The molecular formula is C15H20O3. The maximum atomic E-state index is 12.1. The summed E-state index contributed by atoms with van der Waals surface area (Å²) in [5, 5.41) is 0. The molecule has 0 aromatic heterocycles. The van der Waals surface area contributed by atoms with Crippen LogP contribution < -0.4 is 0 Å². The lowest BCUT2D eigenvalue weighted by Crippen LogP contribution is -2.07. The molecule has 0 spiro atoms. The van der Waals surface area contributed by atoms with Crippen molar-refractivity contribution >= 4 is 11.8 Å². The third-order valence-electron chi connectivity index (χ3n) is 2.97. The molecule has 0 unspecified atom stereocenters. The average molecular weight is 248 g/mol. The number of esters is 1. The molecule has 0 amide bonds. The van der Waals surface area contributed by atoms with E-state index >= 15 is 0 Å². The summed E-state index contributed by atoms with van der Waals surface area (Å²) in [6.07, 6.45) is 1.23. The van der Waals surface area contributed by atoms with Crippen molar-refractivity contribution < 1.29 is 14.3 Å². The Morgan fingerprint density at radius 1 is 1.06 bits per heavy atom. The first-order valence-electron chi connectivity index (χ1n) is 6.13. The summed E-state index contributed by atoms with van der Waals surface area (Å²) in [5.74, 6) is -0.158. The van der Waals surface area contributed by atoms with Crippen LogP contribution >= 0.6 is 0 Å². The summed E-state index contributed by atoms with van der Waals surface area (Å²) in [7, 11) is 1.36. The third kappa shape index (κ3) is 3.69. The van der Waals surface area contributed by atoms with Crippen LogP contribution in [0.2, 0.25) is 0 Å². The number of ketones is 1. The minimum atomic E-state index is -0.264. The van der Waals surface area contributed by atoms with Gasteiger partial charge in [0, 0.05) is 18.4 Å². The lowest BCUT2D eigenvalue weighted by Gasteiger charge is -2.10. The number of rotatable bonds is 5. The standard InChI is InChI=1S/C15H20O3/c1-10-8-11(2)15(12(3)9-10)13(16)6-5-7-14(17)18-4/h8-9H,5-7H2,1-4H3. The fraction of sp³-hybridized carbons (Fsp3) is 0.467. The SMILES string of the molecule is COC(=O)CCCC(=O)c1c(C)cc(C)cc1C. The highest BCUT2D eigenvalue weighted by Crippen LogP contribution is 2.19. The Labute approximate surface area is 108 Å². The van der Waals surface area contributed by atoms with Crippen LogP contribution in [0, 0.1) is 20.8 Å². The van der Waals surface area contributed by atoms with E-state index in [9.17, 15) is 9.59 Å². The lowest BCUT2D eigenvalue weighted by atomic mass is 9.94. The van der Waals surface area contributed by atoms with Crippen molar-refractivity contribution in [1.82, 2.24) is 0 Å². The molecule has 0 fully saturated rings. The van der Waals surface area contributed by atoms with Gasteiger partial charge in [0.1, 0.15) is 0 Å². The van der Waals surface area contributed by atoms with E-state index in [4.69, 9.17) is 0 Å². The average Bonchev–Trinajstić information content (AvgIpc) is 2.27. The summed E-state index contributed by atoms with van der Waals surface area (Å²) >= 11 is 0. The van der Waals surface area contributed by atoms with Crippen LogP contribution in [-0.2, 0) is 9.53 Å². The first-order chi connectivity index (χ1) is 8.45. The second-order valence-corrected chi connectivity index (χ2v) is 4.63. The molecule has 1 aromatic rings. The summed E-state index contributed by atoms with van der Waals surface area (Å²) < 4.78 is 4.55. The third-order valence-corrected chi connectivity index (χ3v) is 2.97. The van der Waals surface area contributed by atoms with Crippen molar-refractivity contribution in [3.63, 3.8) is 0 Å². The number of hydrogen-bond donors (Lipinski definition) is 0. The van der Waals surface area contributed by atoms with Crippen molar-refractivity contribution in [1.29, 1.82) is 0 Å². The monoisotopic (exact) mass is 248 g/mol. The normalized spacial score (nSPS) is 10.2. The van der Waals surface area contributed by atoms with Crippen molar-refractivity contribution in [3.05, 3.63) is 34.4 Å². The molecule has 0 heterocycles. The van der Waals surface area contributed by atoms with Gasteiger partial charge in [-0.2, -0.15) is 0 Å². The molecular weight excluding hydrogens is 228 g/mol. The molecule has 0 saturated carbocycles. The molecule has 0 aliphatic rings. The number of carbonyl (C=O) groups excluding carboxylic acids is 2. The van der Waals surface area contributed by atoms with Gasteiger partial charge in [-0.25, -0.2) is 0 Å². The van der Waals surface area contributed by atoms with E-state index in [2.05, 4.69) is 4.74 Å². The Bertz CT molecular complexity index is 438. The number of Topliss-reactive ketones (excluding diaryl/α,β-unsaturated/α-hetero) is 1. The molecule has 0 N–H and O–H groups in total. The zero-order valence-electron chi connectivity index (χ0n) is 11.5. The Morgan fingerprint density at radius 2 is 1.61 bits per heavy atom. The topological polar surface area (TPSA) is 43.4 Å². The highest BCUT2D eigenvalue weighted by atomic mass is 16.5. The Morgan fingerprint density at radius 3 is 2.11 bits per heavy atom. The smallest absolute Gasteiger partial charge is 0.305 e. The predicted octanol–water partition coefficient (Wildman–Crippen LogP) is 3.14. The number of methoxy groups -OCH3 is 1. The van der Waals surface area contributed by atoms with Crippen molar-refractivity contribution in [2.45, 2.75) is 40.0 Å². The molecule has 0 radical (unpaired) electrons. The maximum absolute atomic E-state index is 12.1. The molecule has 0 aliphatic heterocycles. The highest BCUT2D eigenvalue weighted by Gasteiger charge is 2.13. The van der Waals surface area contributed by atoms with Gasteiger partial charge < -0.3 is 4.74 Å². The van der Waals surface area contributed by atoms with Gasteiger partial charge in [-0.05, 0) is 38.3 Å². The molecule has 0 bridgehead atoms. The number of aryl methyl sites for hydroxylation is 3. The Kier molecular flexibility index (Phi) is 5.08. The van der Waals surface area contributed by atoms with Crippen molar-refractivity contribution in [2.75, 3.05) is 7.11 Å². The van der Waals surface area contributed by atoms with E-state index in [1.165, 1.54) is 7.11 Å². The molecule has 3 heteroatoms. The summed E-state index contributed by atoms with van der Waals surface area (Å²) in [6.45, 7) is 5.92. The molecule has 1 rings (SSSR count). The van der Waals surface area contributed by atoms with Gasteiger partial charge in [0.15, 0.2) is 5.78 Å². The van der Waals surface area contributed by atoms with Gasteiger partial charge >= 0.3 is 5.97 Å². The summed E-state index contributed by atoms with van der Waals surface area (Å²) in [6, 6.07) is 4.03. The molecule has 0 atom stereocenters. The molecule has 0 aliphatic carbocycles. The number of hydrogen-bond acceptors (Lipinski definition) is 3. The largest absolute Gasteiger partial charge is 0.469 e. The van der Waals surface area contributed by atoms with Crippen LogP contribution in [0.25, 0.3) is 0 Å². The Balaban J connectivity index is 2.70. The first kappa shape index (κ1) is 14.4.